The first-order valence-electron chi connectivity index (χ1n) is 10.8. The van der Waals surface area contributed by atoms with Crippen LogP contribution in [0.2, 0.25) is 0 Å². The normalized spacial score (nSPS) is 54.1. The van der Waals surface area contributed by atoms with Crippen molar-refractivity contribution < 1.29 is 4.74 Å². The Labute approximate surface area is 157 Å². The van der Waals surface area contributed by atoms with Crippen LogP contribution in [-0.4, -0.2) is 22.8 Å². The van der Waals surface area contributed by atoms with E-state index >= 15 is 0 Å². The zero-order chi connectivity index (χ0) is 17.7. The quantitative estimate of drug-likeness (QED) is 0.749. The van der Waals surface area contributed by atoms with Crippen molar-refractivity contribution >= 4 is 5.70 Å². The molecule has 0 radical (unpaired) electrons. The summed E-state index contributed by atoms with van der Waals surface area (Å²) < 4.78 is 8.50. The molecule has 0 aliphatic heterocycles. The summed E-state index contributed by atoms with van der Waals surface area (Å²) in [6.45, 7) is 5.19. The molecule has 8 atom stereocenters. The molecule has 5 aliphatic rings. The molecule has 4 fully saturated rings. The number of rotatable bonds is 2. The first-order chi connectivity index (χ1) is 12.5. The molecule has 1 spiro atoms. The summed E-state index contributed by atoms with van der Waals surface area (Å²) in [4.78, 5) is 4.31. The van der Waals surface area contributed by atoms with Gasteiger partial charge >= 0.3 is 0 Å². The lowest BCUT2D eigenvalue weighted by Gasteiger charge is -2.60. The summed E-state index contributed by atoms with van der Waals surface area (Å²) in [5.41, 5.74) is 2.88. The van der Waals surface area contributed by atoms with Gasteiger partial charge in [-0.15, -0.1) is 0 Å². The monoisotopic (exact) mass is 352 g/mol. The number of fused-ring (bicyclic) bond motifs is 4. The second-order valence-electron chi connectivity index (χ2n) is 10.5. The smallest absolute Gasteiger partial charge is 0.0989 e. The van der Waals surface area contributed by atoms with E-state index in [0.29, 0.717) is 22.3 Å². The molecular weight excluding hydrogens is 320 g/mol. The molecule has 0 aromatic carbocycles. The largest absolute Gasteiger partial charge is 0.381 e. The van der Waals surface area contributed by atoms with Crippen molar-refractivity contribution in [3.8, 4) is 0 Å². The molecule has 0 amide bonds. The maximum Gasteiger partial charge on any atom is 0.0989 e. The highest BCUT2D eigenvalue weighted by molar-refractivity contribution is 5.56. The molecule has 1 aromatic heterocycles. The van der Waals surface area contributed by atoms with Gasteiger partial charge in [0, 0.05) is 36.0 Å². The molecule has 1 aromatic rings. The number of hydrogen-bond donors (Lipinski definition) is 0. The average Bonchev–Trinajstić information content (AvgIpc) is 2.95. The summed E-state index contributed by atoms with van der Waals surface area (Å²) in [6, 6.07) is 0. The maximum atomic E-state index is 6.21. The number of hydrogen-bond acceptors (Lipinski definition) is 2. The van der Waals surface area contributed by atoms with E-state index < -0.39 is 0 Å². The van der Waals surface area contributed by atoms with Gasteiger partial charge in [-0.1, -0.05) is 19.9 Å². The van der Waals surface area contributed by atoms with Gasteiger partial charge < -0.3 is 9.30 Å². The van der Waals surface area contributed by atoms with Crippen molar-refractivity contribution in [2.24, 2.45) is 39.9 Å². The third-order valence-electron chi connectivity index (χ3n) is 10.2. The number of methoxy groups -OCH3 is 1. The molecule has 140 valence electrons. The molecule has 0 N–H and O–H groups in total. The number of ether oxygens (including phenoxy) is 1. The fraction of sp³-hybridized carbons (Fsp3) is 0.783. The van der Waals surface area contributed by atoms with Gasteiger partial charge in [0.1, 0.15) is 0 Å². The van der Waals surface area contributed by atoms with Crippen LogP contribution in [0.1, 0.15) is 58.8 Å². The molecule has 6 rings (SSSR count). The van der Waals surface area contributed by atoms with Crippen molar-refractivity contribution in [1.29, 1.82) is 0 Å². The summed E-state index contributed by atoms with van der Waals surface area (Å²) >= 11 is 0. The molecule has 1 heterocycles. The number of imidazole rings is 1. The van der Waals surface area contributed by atoms with E-state index in [2.05, 4.69) is 35.7 Å². The van der Waals surface area contributed by atoms with Gasteiger partial charge in [0.2, 0.25) is 0 Å². The minimum absolute atomic E-state index is 0.308. The lowest BCUT2D eigenvalue weighted by molar-refractivity contribution is -0.151. The molecule has 3 heteroatoms. The summed E-state index contributed by atoms with van der Waals surface area (Å²) in [5, 5.41) is 0. The molecule has 0 saturated heterocycles. The Morgan fingerprint density at radius 1 is 1.19 bits per heavy atom. The van der Waals surface area contributed by atoms with E-state index in [1.165, 1.54) is 50.6 Å². The van der Waals surface area contributed by atoms with Crippen molar-refractivity contribution in [2.75, 3.05) is 7.11 Å². The maximum absolute atomic E-state index is 6.21. The fourth-order valence-electron chi connectivity index (χ4n) is 8.93. The van der Waals surface area contributed by atoms with Crippen molar-refractivity contribution in [1.82, 2.24) is 9.55 Å². The van der Waals surface area contributed by atoms with Crippen LogP contribution in [0, 0.1) is 39.9 Å². The minimum atomic E-state index is 0.308. The Hall–Kier alpha value is -1.09. The van der Waals surface area contributed by atoms with Crippen molar-refractivity contribution in [3.63, 3.8) is 0 Å². The van der Waals surface area contributed by atoms with Gasteiger partial charge in [0.25, 0.3) is 0 Å². The van der Waals surface area contributed by atoms with Crippen LogP contribution in [0.4, 0.5) is 0 Å². The SMILES string of the molecule is COC1CC2C3CC=C(n4ccnc4)[C@@]3(C)CCC2[C@@]2(C)CCC3CC312. The highest BCUT2D eigenvalue weighted by atomic mass is 16.5. The first kappa shape index (κ1) is 15.9. The highest BCUT2D eigenvalue weighted by Crippen LogP contribution is 2.82. The number of nitrogens with zero attached hydrogens (tertiary/aromatic N) is 2. The van der Waals surface area contributed by atoms with Gasteiger partial charge in [0.15, 0.2) is 0 Å². The predicted molar refractivity (Wildman–Crippen MR) is 102 cm³/mol. The van der Waals surface area contributed by atoms with E-state index in [1.807, 2.05) is 19.6 Å². The molecule has 3 nitrogen and oxygen atoms in total. The Kier molecular flexibility index (Phi) is 2.96. The third-order valence-corrected chi connectivity index (χ3v) is 10.2. The number of allylic oxidation sites excluding steroid dienone is 2. The first-order valence-corrected chi connectivity index (χ1v) is 10.8. The van der Waals surface area contributed by atoms with Crippen LogP contribution in [0.25, 0.3) is 5.70 Å². The lowest BCUT2D eigenvalue weighted by Crippen LogP contribution is -2.56. The Balaban J connectivity index is 1.38. The van der Waals surface area contributed by atoms with Crippen LogP contribution in [0.5, 0.6) is 0 Å². The predicted octanol–water partition coefficient (Wildman–Crippen LogP) is 5.00. The van der Waals surface area contributed by atoms with E-state index in [0.717, 1.165) is 23.7 Å². The fourth-order valence-corrected chi connectivity index (χ4v) is 8.93. The van der Waals surface area contributed by atoms with Gasteiger partial charge in [0.05, 0.1) is 12.4 Å². The van der Waals surface area contributed by atoms with E-state index in [4.69, 9.17) is 4.74 Å². The summed E-state index contributed by atoms with van der Waals surface area (Å²) in [7, 11) is 1.99. The van der Waals surface area contributed by atoms with E-state index in [9.17, 15) is 0 Å². The standard InChI is InChI=1S/C23H32N2O/c1-21-8-7-18-16(17(21)4-5-19(21)25-11-10-24-14-25)12-20(26-3)23-13-15(23)6-9-22(18,23)2/h5,10-11,14-18,20H,4,6-9,12-13H2,1-3H3/t15?,16?,17?,18?,20?,21-,22+,23?/m0/s1. The molecule has 0 bridgehead atoms. The van der Waals surface area contributed by atoms with Gasteiger partial charge in [-0.25, -0.2) is 4.98 Å². The summed E-state index contributed by atoms with van der Waals surface area (Å²) in [5.74, 6) is 3.49. The Bertz CT molecular complexity index is 769. The van der Waals surface area contributed by atoms with Crippen LogP contribution in [0.15, 0.2) is 24.8 Å². The Morgan fingerprint density at radius 2 is 2.08 bits per heavy atom. The van der Waals surface area contributed by atoms with Crippen LogP contribution < -0.4 is 0 Å². The van der Waals surface area contributed by atoms with Crippen LogP contribution >= 0.6 is 0 Å². The molecule has 4 saturated carbocycles. The van der Waals surface area contributed by atoms with Crippen molar-refractivity contribution in [2.45, 2.75) is 64.9 Å². The second-order valence-corrected chi connectivity index (χ2v) is 10.5. The third kappa shape index (κ3) is 1.60. The number of aromatic nitrogens is 2. The zero-order valence-electron chi connectivity index (χ0n) is 16.4. The molecule has 6 unspecified atom stereocenters. The van der Waals surface area contributed by atoms with Gasteiger partial charge in [-0.3, -0.25) is 0 Å². The van der Waals surface area contributed by atoms with Crippen molar-refractivity contribution in [3.05, 3.63) is 24.8 Å². The lowest BCUT2D eigenvalue weighted by atomic mass is 9.46. The van der Waals surface area contributed by atoms with Gasteiger partial charge in [-0.05, 0) is 74.0 Å². The average molecular weight is 353 g/mol. The molecular formula is C23H32N2O. The second kappa shape index (κ2) is 4.84. The van der Waals surface area contributed by atoms with E-state index in [1.54, 1.807) is 0 Å². The molecule has 5 aliphatic carbocycles. The van der Waals surface area contributed by atoms with Crippen LogP contribution in [0.3, 0.4) is 0 Å². The van der Waals surface area contributed by atoms with Gasteiger partial charge in [-0.2, -0.15) is 0 Å². The minimum Gasteiger partial charge on any atom is -0.381 e. The molecule has 26 heavy (non-hydrogen) atoms. The van der Waals surface area contributed by atoms with E-state index in [-0.39, 0.29) is 0 Å². The highest BCUT2D eigenvalue weighted by Gasteiger charge is 2.77. The topological polar surface area (TPSA) is 27.1 Å². The van der Waals surface area contributed by atoms with Crippen LogP contribution in [-0.2, 0) is 4.74 Å². The Morgan fingerprint density at radius 3 is 2.81 bits per heavy atom. The summed E-state index contributed by atoms with van der Waals surface area (Å²) in [6.07, 6.45) is 18.7. The zero-order valence-corrected chi connectivity index (χ0v) is 16.4.